The lowest BCUT2D eigenvalue weighted by Crippen LogP contribution is -2.27. The fourth-order valence-electron chi connectivity index (χ4n) is 2.78. The molecule has 0 N–H and O–H groups in total. The van der Waals surface area contributed by atoms with Crippen LogP contribution in [0, 0.1) is 11.3 Å². The van der Waals surface area contributed by atoms with Gasteiger partial charge in [0.1, 0.15) is 12.6 Å². The van der Waals surface area contributed by atoms with Crippen LogP contribution < -0.4 is 4.90 Å². The zero-order valence-electron chi connectivity index (χ0n) is 13.1. The van der Waals surface area contributed by atoms with Crippen LogP contribution >= 0.6 is 11.3 Å². The van der Waals surface area contributed by atoms with Crippen LogP contribution in [0.3, 0.4) is 0 Å². The van der Waals surface area contributed by atoms with Crippen molar-refractivity contribution in [1.82, 2.24) is 4.98 Å². The van der Waals surface area contributed by atoms with Gasteiger partial charge >= 0.3 is 6.09 Å². The van der Waals surface area contributed by atoms with E-state index in [0.717, 1.165) is 16.8 Å². The Morgan fingerprint density at radius 2 is 1.92 bits per heavy atom. The number of hydrogen-bond donors (Lipinski definition) is 0. The van der Waals surface area contributed by atoms with Gasteiger partial charge in [-0.2, -0.15) is 5.26 Å². The van der Waals surface area contributed by atoms with Crippen molar-refractivity contribution in [2.45, 2.75) is 6.04 Å². The minimum Gasteiger partial charge on any atom is -0.447 e. The van der Waals surface area contributed by atoms with Gasteiger partial charge in [-0.15, -0.1) is 11.3 Å². The summed E-state index contributed by atoms with van der Waals surface area (Å²) in [6, 6.07) is 18.9. The Morgan fingerprint density at radius 3 is 2.64 bits per heavy atom. The molecule has 0 saturated carbocycles. The van der Waals surface area contributed by atoms with Gasteiger partial charge in [-0.1, -0.05) is 42.5 Å². The van der Waals surface area contributed by atoms with Crippen molar-refractivity contribution >= 4 is 22.6 Å². The molecule has 1 atom stereocenters. The Hall–Kier alpha value is -3.17. The SMILES string of the molecule is N#Cc1ccc(-c2csc(N3C(=O)OC[C@H]3c3ccccc3)n2)cc1. The Bertz CT molecular complexity index is 945. The van der Waals surface area contributed by atoms with Gasteiger partial charge in [0.15, 0.2) is 5.13 Å². The maximum atomic E-state index is 12.2. The Morgan fingerprint density at radius 1 is 1.16 bits per heavy atom. The first-order chi connectivity index (χ1) is 12.3. The molecule has 4 rings (SSSR count). The third kappa shape index (κ3) is 2.86. The molecule has 1 amide bonds. The minimum absolute atomic E-state index is 0.173. The molecule has 1 fully saturated rings. The van der Waals surface area contributed by atoms with E-state index in [-0.39, 0.29) is 12.1 Å². The van der Waals surface area contributed by atoms with E-state index in [1.165, 1.54) is 11.3 Å². The second-order valence-corrected chi connectivity index (χ2v) is 6.41. The van der Waals surface area contributed by atoms with Crippen molar-refractivity contribution in [2.24, 2.45) is 0 Å². The number of benzene rings is 2. The first-order valence-electron chi connectivity index (χ1n) is 7.73. The van der Waals surface area contributed by atoms with Crippen LogP contribution in [-0.4, -0.2) is 17.7 Å². The molecule has 2 heterocycles. The first kappa shape index (κ1) is 15.4. The number of carbonyl (C=O) groups excluding carboxylic acids is 1. The van der Waals surface area contributed by atoms with E-state index in [1.807, 2.05) is 47.8 Å². The highest BCUT2D eigenvalue weighted by Gasteiger charge is 2.37. The highest BCUT2D eigenvalue weighted by Crippen LogP contribution is 2.36. The lowest BCUT2D eigenvalue weighted by Gasteiger charge is -2.18. The van der Waals surface area contributed by atoms with Crippen molar-refractivity contribution in [3.05, 3.63) is 71.1 Å². The van der Waals surface area contributed by atoms with Gasteiger partial charge in [-0.25, -0.2) is 14.7 Å². The Labute approximate surface area is 148 Å². The number of amides is 1. The number of nitrogens with zero attached hydrogens (tertiary/aromatic N) is 3. The van der Waals surface area contributed by atoms with Gasteiger partial charge < -0.3 is 4.74 Å². The lowest BCUT2D eigenvalue weighted by molar-refractivity contribution is 0.179. The first-order valence-corrected chi connectivity index (χ1v) is 8.61. The smallest absolute Gasteiger partial charge is 0.416 e. The topological polar surface area (TPSA) is 66.2 Å². The Kier molecular flexibility index (Phi) is 3.92. The van der Waals surface area contributed by atoms with Crippen LogP contribution in [0.25, 0.3) is 11.3 Å². The van der Waals surface area contributed by atoms with Crippen LogP contribution in [0.4, 0.5) is 9.93 Å². The molecule has 0 bridgehead atoms. The predicted octanol–water partition coefficient (Wildman–Crippen LogP) is 4.38. The van der Waals surface area contributed by atoms with Gasteiger partial charge in [0.25, 0.3) is 0 Å². The van der Waals surface area contributed by atoms with Gasteiger partial charge in [0.05, 0.1) is 17.3 Å². The van der Waals surface area contributed by atoms with Gasteiger partial charge in [0, 0.05) is 10.9 Å². The van der Waals surface area contributed by atoms with Crippen molar-refractivity contribution in [3.63, 3.8) is 0 Å². The van der Waals surface area contributed by atoms with Gasteiger partial charge in [-0.3, -0.25) is 0 Å². The molecule has 3 aromatic rings. The maximum Gasteiger partial charge on any atom is 0.416 e. The number of thiazole rings is 1. The summed E-state index contributed by atoms with van der Waals surface area (Å²) < 4.78 is 5.25. The highest BCUT2D eigenvalue weighted by molar-refractivity contribution is 7.14. The molecule has 25 heavy (non-hydrogen) atoms. The highest BCUT2D eigenvalue weighted by atomic mass is 32.1. The average molecular weight is 347 g/mol. The molecule has 1 aromatic heterocycles. The van der Waals surface area contributed by atoms with E-state index in [4.69, 9.17) is 10.00 Å². The van der Waals surface area contributed by atoms with Gasteiger partial charge in [-0.05, 0) is 17.7 Å². The number of anilines is 1. The monoisotopic (exact) mass is 347 g/mol. The third-order valence-electron chi connectivity index (χ3n) is 4.07. The second kappa shape index (κ2) is 6.38. The number of ether oxygens (including phenoxy) is 1. The van der Waals surface area contributed by atoms with E-state index < -0.39 is 0 Å². The normalized spacial score (nSPS) is 16.5. The van der Waals surface area contributed by atoms with Crippen LogP contribution in [0.1, 0.15) is 17.2 Å². The van der Waals surface area contributed by atoms with Crippen LogP contribution in [0.5, 0.6) is 0 Å². The van der Waals surface area contributed by atoms with E-state index in [2.05, 4.69) is 11.1 Å². The lowest BCUT2D eigenvalue weighted by atomic mass is 10.1. The molecule has 0 spiro atoms. The van der Waals surface area contributed by atoms with Gasteiger partial charge in [0.2, 0.25) is 0 Å². The summed E-state index contributed by atoms with van der Waals surface area (Å²) in [5.74, 6) is 0. The van der Waals surface area contributed by atoms with E-state index >= 15 is 0 Å². The van der Waals surface area contributed by atoms with Crippen LogP contribution in [0.15, 0.2) is 60.0 Å². The predicted molar refractivity (Wildman–Crippen MR) is 95.3 cm³/mol. The largest absolute Gasteiger partial charge is 0.447 e. The minimum atomic E-state index is -0.380. The maximum absolute atomic E-state index is 12.2. The van der Waals surface area contributed by atoms with Crippen molar-refractivity contribution in [3.8, 4) is 17.3 Å². The number of cyclic esters (lactones) is 1. The summed E-state index contributed by atoms with van der Waals surface area (Å²) in [6.07, 6.45) is -0.380. The summed E-state index contributed by atoms with van der Waals surface area (Å²) in [7, 11) is 0. The molecule has 5 nitrogen and oxygen atoms in total. The Balaban J connectivity index is 1.66. The molecule has 1 aliphatic rings. The van der Waals surface area contributed by atoms with E-state index in [1.54, 1.807) is 17.0 Å². The summed E-state index contributed by atoms with van der Waals surface area (Å²) in [6.45, 7) is 0.314. The molecular weight excluding hydrogens is 334 g/mol. The zero-order valence-corrected chi connectivity index (χ0v) is 13.9. The van der Waals surface area contributed by atoms with Crippen molar-refractivity contribution in [1.29, 1.82) is 5.26 Å². The summed E-state index contributed by atoms with van der Waals surface area (Å²) in [4.78, 5) is 18.4. The fraction of sp³-hybridized carbons (Fsp3) is 0.105. The zero-order chi connectivity index (χ0) is 17.2. The summed E-state index contributed by atoms with van der Waals surface area (Å²) in [5.41, 5.74) is 3.30. The molecule has 0 radical (unpaired) electrons. The van der Waals surface area contributed by atoms with Crippen LogP contribution in [-0.2, 0) is 4.74 Å². The second-order valence-electron chi connectivity index (χ2n) is 5.58. The number of hydrogen-bond acceptors (Lipinski definition) is 5. The number of rotatable bonds is 3. The molecule has 0 unspecified atom stereocenters. The quantitative estimate of drug-likeness (QED) is 0.705. The number of carbonyl (C=O) groups is 1. The average Bonchev–Trinajstić information content (AvgIpc) is 3.29. The fourth-order valence-corrected chi connectivity index (χ4v) is 3.65. The van der Waals surface area contributed by atoms with Crippen molar-refractivity contribution < 1.29 is 9.53 Å². The number of nitriles is 1. The molecule has 1 saturated heterocycles. The molecule has 2 aromatic carbocycles. The third-order valence-corrected chi connectivity index (χ3v) is 4.91. The molecule has 1 aliphatic heterocycles. The summed E-state index contributed by atoms with van der Waals surface area (Å²) >= 11 is 1.40. The van der Waals surface area contributed by atoms with Crippen molar-refractivity contribution in [2.75, 3.05) is 11.5 Å². The van der Waals surface area contributed by atoms with E-state index in [0.29, 0.717) is 17.3 Å². The summed E-state index contributed by atoms with van der Waals surface area (Å²) in [5, 5.41) is 11.4. The standard InChI is InChI=1S/C19H13N3O2S/c20-10-13-6-8-14(9-7-13)16-12-25-18(21-16)22-17(11-24-19(22)23)15-4-2-1-3-5-15/h1-9,12,17H,11H2/t17-/m0/s1. The molecule has 0 aliphatic carbocycles. The number of aromatic nitrogens is 1. The van der Waals surface area contributed by atoms with Crippen LogP contribution in [0.2, 0.25) is 0 Å². The van der Waals surface area contributed by atoms with E-state index in [9.17, 15) is 4.79 Å². The molecular formula is C19H13N3O2S. The molecule has 6 heteroatoms. The molecule has 122 valence electrons.